The fourth-order valence-corrected chi connectivity index (χ4v) is 5.48. The third-order valence-corrected chi connectivity index (χ3v) is 7.00. The molecule has 7 rings (SSSR count). The maximum atomic E-state index is 9.95. The van der Waals surface area contributed by atoms with E-state index in [1.54, 1.807) is 0 Å². The van der Waals surface area contributed by atoms with E-state index in [9.17, 15) is 10.5 Å². The van der Waals surface area contributed by atoms with Gasteiger partial charge in [0, 0.05) is 21.5 Å². The Kier molecular flexibility index (Phi) is 4.24. The maximum Gasteiger partial charge on any atom is 0.101 e. The Balaban J connectivity index is 1.72. The summed E-state index contributed by atoms with van der Waals surface area (Å²) in [5.74, 6) is 0. The maximum absolute atomic E-state index is 9.95. The van der Waals surface area contributed by atoms with Crippen LogP contribution in [-0.4, -0.2) is 9.13 Å². The molecule has 0 saturated heterocycles. The number of para-hydroxylation sites is 4. The molecule has 0 aliphatic heterocycles. The van der Waals surface area contributed by atoms with Gasteiger partial charge in [0.25, 0.3) is 0 Å². The summed E-state index contributed by atoms with van der Waals surface area (Å²) in [5.41, 5.74) is 6.63. The van der Waals surface area contributed by atoms with Crippen LogP contribution in [0.15, 0.2) is 109 Å². The molecule has 4 nitrogen and oxygen atoms in total. The molecule has 5 aromatic carbocycles. The third-order valence-electron chi connectivity index (χ3n) is 7.00. The molecule has 0 spiro atoms. The van der Waals surface area contributed by atoms with Gasteiger partial charge >= 0.3 is 0 Å². The van der Waals surface area contributed by atoms with Crippen molar-refractivity contribution in [1.29, 1.82) is 10.5 Å². The summed E-state index contributed by atoms with van der Waals surface area (Å²) in [5, 5.41) is 24.5. The molecule has 4 heteroatoms. The van der Waals surface area contributed by atoms with Crippen LogP contribution in [0.2, 0.25) is 0 Å². The lowest BCUT2D eigenvalue weighted by atomic mass is 10.1. The Hall–Kier alpha value is -5.32. The predicted molar refractivity (Wildman–Crippen MR) is 145 cm³/mol. The Bertz CT molecular complexity index is 1820. The van der Waals surface area contributed by atoms with Crippen LogP contribution in [0.5, 0.6) is 0 Å². The van der Waals surface area contributed by atoms with E-state index in [4.69, 9.17) is 0 Å². The zero-order valence-electron chi connectivity index (χ0n) is 19.2. The molecule has 7 aromatic rings. The average Bonchev–Trinajstić information content (AvgIpc) is 3.45. The van der Waals surface area contributed by atoms with E-state index in [0.29, 0.717) is 11.1 Å². The highest BCUT2D eigenvalue weighted by atomic mass is 15.1. The summed E-state index contributed by atoms with van der Waals surface area (Å²) < 4.78 is 4.43. The van der Waals surface area contributed by atoms with Crippen molar-refractivity contribution in [2.75, 3.05) is 0 Å². The second kappa shape index (κ2) is 7.60. The average molecular weight is 459 g/mol. The van der Waals surface area contributed by atoms with Gasteiger partial charge in [-0.15, -0.1) is 0 Å². The molecule has 166 valence electrons. The van der Waals surface area contributed by atoms with Gasteiger partial charge in [-0.2, -0.15) is 10.5 Å². The minimum atomic E-state index is 0.360. The molecule has 0 N–H and O–H groups in total. The highest BCUT2D eigenvalue weighted by Gasteiger charge is 2.21. The number of rotatable bonds is 2. The number of hydrogen-bond acceptors (Lipinski definition) is 2. The summed E-state index contributed by atoms with van der Waals surface area (Å²) in [4.78, 5) is 0. The van der Waals surface area contributed by atoms with Crippen LogP contribution in [0.25, 0.3) is 55.0 Å². The lowest BCUT2D eigenvalue weighted by Gasteiger charge is -2.18. The standard InChI is InChI=1S/C32H18N4/c33-19-21-17-31(35-27-13-5-1-9-23(27)24-10-2-6-14-28(24)35)32(18-22(21)20-34)36-29-15-7-3-11-25(29)26-12-4-8-16-30(26)36/h1-18H. The topological polar surface area (TPSA) is 57.4 Å². The fourth-order valence-electron chi connectivity index (χ4n) is 5.48. The van der Waals surface area contributed by atoms with E-state index in [1.807, 2.05) is 60.7 Å². The Morgan fingerprint density at radius 3 is 0.972 bits per heavy atom. The van der Waals surface area contributed by atoms with Crippen LogP contribution in [0.1, 0.15) is 11.1 Å². The van der Waals surface area contributed by atoms with Crippen molar-refractivity contribution in [2.24, 2.45) is 0 Å². The quantitative estimate of drug-likeness (QED) is 0.267. The van der Waals surface area contributed by atoms with Crippen molar-refractivity contribution in [2.45, 2.75) is 0 Å². The van der Waals surface area contributed by atoms with Crippen molar-refractivity contribution < 1.29 is 0 Å². The highest BCUT2D eigenvalue weighted by molar-refractivity contribution is 6.11. The van der Waals surface area contributed by atoms with E-state index in [-0.39, 0.29) is 0 Å². The molecule has 0 saturated carbocycles. The number of nitriles is 2. The van der Waals surface area contributed by atoms with Gasteiger partial charge in [-0.25, -0.2) is 0 Å². The first-order chi connectivity index (χ1) is 17.8. The highest BCUT2D eigenvalue weighted by Crippen LogP contribution is 2.38. The second-order valence-electron chi connectivity index (χ2n) is 8.85. The summed E-state index contributed by atoms with van der Waals surface area (Å²) in [6.45, 7) is 0. The molecular formula is C32H18N4. The van der Waals surface area contributed by atoms with Crippen molar-refractivity contribution >= 4 is 43.6 Å². The number of benzene rings is 5. The van der Waals surface area contributed by atoms with E-state index < -0.39 is 0 Å². The van der Waals surface area contributed by atoms with Gasteiger partial charge in [-0.05, 0) is 36.4 Å². The summed E-state index contributed by atoms with van der Waals surface area (Å²) in [7, 11) is 0. The Morgan fingerprint density at radius 1 is 0.417 bits per heavy atom. The van der Waals surface area contributed by atoms with Crippen LogP contribution in [0, 0.1) is 22.7 Å². The van der Waals surface area contributed by atoms with E-state index in [0.717, 1.165) is 55.0 Å². The predicted octanol–water partition coefficient (Wildman–Crippen LogP) is 7.62. The van der Waals surface area contributed by atoms with E-state index in [1.165, 1.54) is 0 Å². The number of hydrogen-bond donors (Lipinski definition) is 0. The molecule has 2 heterocycles. The van der Waals surface area contributed by atoms with E-state index in [2.05, 4.69) is 69.8 Å². The van der Waals surface area contributed by atoms with Crippen LogP contribution in [0.4, 0.5) is 0 Å². The first-order valence-electron chi connectivity index (χ1n) is 11.8. The monoisotopic (exact) mass is 458 g/mol. The lowest BCUT2D eigenvalue weighted by molar-refractivity contribution is 1.09. The van der Waals surface area contributed by atoms with Crippen LogP contribution in [0.3, 0.4) is 0 Å². The molecule has 0 aliphatic rings. The lowest BCUT2D eigenvalue weighted by Crippen LogP contribution is -2.05. The van der Waals surface area contributed by atoms with Gasteiger partial charge < -0.3 is 9.13 Å². The molecule has 0 radical (unpaired) electrons. The molecule has 0 fully saturated rings. The normalized spacial score (nSPS) is 11.3. The molecule has 2 aromatic heterocycles. The first kappa shape index (κ1) is 20.1. The van der Waals surface area contributed by atoms with Gasteiger partial charge in [0.2, 0.25) is 0 Å². The van der Waals surface area contributed by atoms with Crippen molar-refractivity contribution in [3.63, 3.8) is 0 Å². The molecule has 0 bridgehead atoms. The van der Waals surface area contributed by atoms with E-state index >= 15 is 0 Å². The van der Waals surface area contributed by atoms with Crippen molar-refractivity contribution in [3.05, 3.63) is 120 Å². The zero-order chi connectivity index (χ0) is 24.2. The minimum Gasteiger partial charge on any atom is -0.307 e. The summed E-state index contributed by atoms with van der Waals surface area (Å²) in [6, 6.07) is 41.5. The number of nitrogens with zero attached hydrogens (tertiary/aromatic N) is 4. The summed E-state index contributed by atoms with van der Waals surface area (Å²) >= 11 is 0. The Morgan fingerprint density at radius 2 is 0.694 bits per heavy atom. The zero-order valence-corrected chi connectivity index (χ0v) is 19.2. The SMILES string of the molecule is N#Cc1cc(-n2c3ccccc3c3ccccc32)c(-n2c3ccccc3c3ccccc32)cc1C#N. The summed E-state index contributed by atoms with van der Waals surface area (Å²) in [6.07, 6.45) is 0. The van der Waals surface area contributed by atoms with Crippen LogP contribution < -0.4 is 0 Å². The van der Waals surface area contributed by atoms with Crippen molar-refractivity contribution in [1.82, 2.24) is 9.13 Å². The van der Waals surface area contributed by atoms with Gasteiger partial charge in [-0.3, -0.25) is 0 Å². The third kappa shape index (κ3) is 2.67. The second-order valence-corrected chi connectivity index (χ2v) is 8.85. The Labute approximate surface area is 207 Å². The molecule has 0 amide bonds. The van der Waals surface area contributed by atoms with Crippen molar-refractivity contribution in [3.8, 4) is 23.5 Å². The minimum absolute atomic E-state index is 0.360. The molecule has 36 heavy (non-hydrogen) atoms. The molecular weight excluding hydrogens is 440 g/mol. The first-order valence-corrected chi connectivity index (χ1v) is 11.8. The molecule has 0 unspecified atom stereocenters. The van der Waals surface area contributed by atoms with Crippen LogP contribution in [-0.2, 0) is 0 Å². The van der Waals surface area contributed by atoms with Crippen LogP contribution >= 0.6 is 0 Å². The van der Waals surface area contributed by atoms with Gasteiger partial charge in [0.15, 0.2) is 0 Å². The largest absolute Gasteiger partial charge is 0.307 e. The smallest absolute Gasteiger partial charge is 0.101 e. The van der Waals surface area contributed by atoms with Gasteiger partial charge in [0.1, 0.15) is 12.1 Å². The molecule has 0 aliphatic carbocycles. The number of fused-ring (bicyclic) bond motifs is 6. The van der Waals surface area contributed by atoms with Gasteiger partial charge in [0.05, 0.1) is 44.6 Å². The molecule has 0 atom stereocenters. The number of aromatic nitrogens is 2. The fraction of sp³-hybridized carbons (Fsp3) is 0. The van der Waals surface area contributed by atoms with Gasteiger partial charge in [-0.1, -0.05) is 72.8 Å².